The smallest absolute Gasteiger partial charge is 0.243 e. The van der Waals surface area contributed by atoms with E-state index in [4.69, 9.17) is 0 Å². The molecule has 4 heteroatoms. The zero-order valence-electron chi connectivity index (χ0n) is 20.0. The number of hydrogen-bond donors (Lipinski definition) is 1. The SMILES string of the molecule is Cc1ccccc1CN(C(=O)Cc1ccccc1)[C@H](Cc1ccccc1)C(=O)NC1CCCC1. The first kappa shape index (κ1) is 23.7. The van der Waals surface area contributed by atoms with Gasteiger partial charge in [0.05, 0.1) is 6.42 Å². The van der Waals surface area contributed by atoms with Crippen molar-refractivity contribution in [2.45, 2.75) is 64.1 Å². The zero-order valence-corrected chi connectivity index (χ0v) is 20.0. The van der Waals surface area contributed by atoms with Gasteiger partial charge in [-0.2, -0.15) is 0 Å². The van der Waals surface area contributed by atoms with Gasteiger partial charge < -0.3 is 10.2 Å². The van der Waals surface area contributed by atoms with Crippen LogP contribution in [-0.4, -0.2) is 28.8 Å². The second-order valence-electron chi connectivity index (χ2n) is 9.31. The van der Waals surface area contributed by atoms with E-state index >= 15 is 0 Å². The Kier molecular flexibility index (Phi) is 8.13. The number of hydrogen-bond acceptors (Lipinski definition) is 2. The summed E-state index contributed by atoms with van der Waals surface area (Å²) in [6.45, 7) is 2.47. The number of benzene rings is 3. The van der Waals surface area contributed by atoms with Crippen molar-refractivity contribution in [3.8, 4) is 0 Å². The molecule has 1 aliphatic carbocycles. The summed E-state index contributed by atoms with van der Waals surface area (Å²) in [5, 5.41) is 3.27. The summed E-state index contributed by atoms with van der Waals surface area (Å²) >= 11 is 0. The van der Waals surface area contributed by atoms with Crippen molar-refractivity contribution in [1.29, 1.82) is 0 Å². The number of carbonyl (C=O) groups excluding carboxylic acids is 2. The van der Waals surface area contributed by atoms with Crippen molar-refractivity contribution in [1.82, 2.24) is 10.2 Å². The summed E-state index contributed by atoms with van der Waals surface area (Å²) in [5.41, 5.74) is 4.19. The highest BCUT2D eigenvalue weighted by Gasteiger charge is 2.32. The maximum atomic E-state index is 13.7. The number of carbonyl (C=O) groups is 2. The molecule has 0 unspecified atom stereocenters. The largest absolute Gasteiger partial charge is 0.352 e. The van der Waals surface area contributed by atoms with Crippen LogP contribution in [0.2, 0.25) is 0 Å². The predicted octanol–water partition coefficient (Wildman–Crippen LogP) is 5.24. The lowest BCUT2D eigenvalue weighted by Gasteiger charge is -2.33. The fourth-order valence-electron chi connectivity index (χ4n) is 4.76. The first-order valence-corrected chi connectivity index (χ1v) is 12.3. The molecule has 0 aromatic heterocycles. The Balaban J connectivity index is 1.66. The first-order valence-electron chi connectivity index (χ1n) is 12.3. The molecular weight excluding hydrogens is 420 g/mol. The Hall–Kier alpha value is -3.40. The summed E-state index contributed by atoms with van der Waals surface area (Å²) in [4.78, 5) is 29.2. The van der Waals surface area contributed by atoms with Gasteiger partial charge in [-0.3, -0.25) is 9.59 Å². The molecule has 0 aliphatic heterocycles. The number of amides is 2. The maximum Gasteiger partial charge on any atom is 0.243 e. The summed E-state index contributed by atoms with van der Waals surface area (Å²) in [5.74, 6) is -0.0808. The van der Waals surface area contributed by atoms with Crippen LogP contribution in [0.5, 0.6) is 0 Å². The monoisotopic (exact) mass is 454 g/mol. The van der Waals surface area contributed by atoms with Crippen molar-refractivity contribution in [2.24, 2.45) is 0 Å². The summed E-state index contributed by atoms with van der Waals surface area (Å²) in [7, 11) is 0. The van der Waals surface area contributed by atoms with Gasteiger partial charge >= 0.3 is 0 Å². The Bertz CT molecular complexity index is 1080. The lowest BCUT2D eigenvalue weighted by atomic mass is 10.00. The highest BCUT2D eigenvalue weighted by Crippen LogP contribution is 2.21. The number of nitrogens with one attached hydrogen (secondary N) is 1. The van der Waals surface area contributed by atoms with E-state index in [2.05, 4.69) is 18.3 Å². The van der Waals surface area contributed by atoms with Gasteiger partial charge in [0.2, 0.25) is 11.8 Å². The molecular formula is C30H34N2O2. The van der Waals surface area contributed by atoms with Crippen LogP contribution in [0.25, 0.3) is 0 Å². The standard InChI is InChI=1S/C30H34N2O2/c1-23-12-8-9-17-26(23)22-32(29(33)21-25-15-6-3-7-16-25)28(20-24-13-4-2-5-14-24)30(34)31-27-18-10-11-19-27/h2-9,12-17,27-28H,10-11,18-22H2,1H3,(H,31,34)/t28-/m1/s1. The van der Waals surface area contributed by atoms with Crippen LogP contribution in [0.3, 0.4) is 0 Å². The minimum Gasteiger partial charge on any atom is -0.352 e. The molecule has 1 saturated carbocycles. The van der Waals surface area contributed by atoms with Gasteiger partial charge in [-0.1, -0.05) is 97.8 Å². The Morgan fingerprint density at radius 3 is 2.09 bits per heavy atom. The molecule has 0 heterocycles. The molecule has 1 fully saturated rings. The van der Waals surface area contributed by atoms with Crippen molar-refractivity contribution < 1.29 is 9.59 Å². The van der Waals surface area contributed by atoms with Crippen LogP contribution in [0.15, 0.2) is 84.9 Å². The number of rotatable bonds is 9. The van der Waals surface area contributed by atoms with Crippen LogP contribution < -0.4 is 5.32 Å². The predicted molar refractivity (Wildman–Crippen MR) is 136 cm³/mol. The average molecular weight is 455 g/mol. The fourth-order valence-corrected chi connectivity index (χ4v) is 4.76. The first-order chi connectivity index (χ1) is 16.6. The van der Waals surface area contributed by atoms with Crippen LogP contribution in [0, 0.1) is 6.92 Å². The molecule has 4 rings (SSSR count). The van der Waals surface area contributed by atoms with Gasteiger partial charge in [-0.15, -0.1) is 0 Å². The van der Waals surface area contributed by atoms with Crippen molar-refractivity contribution >= 4 is 11.8 Å². The normalized spacial score (nSPS) is 14.5. The van der Waals surface area contributed by atoms with Gasteiger partial charge in [0.15, 0.2) is 0 Å². The van der Waals surface area contributed by atoms with E-state index in [0.717, 1.165) is 47.9 Å². The van der Waals surface area contributed by atoms with E-state index in [9.17, 15) is 9.59 Å². The molecule has 4 nitrogen and oxygen atoms in total. The molecule has 176 valence electrons. The van der Waals surface area contributed by atoms with Crippen LogP contribution in [-0.2, 0) is 29.0 Å². The highest BCUT2D eigenvalue weighted by molar-refractivity contribution is 5.89. The van der Waals surface area contributed by atoms with E-state index in [-0.39, 0.29) is 24.3 Å². The van der Waals surface area contributed by atoms with Crippen LogP contribution >= 0.6 is 0 Å². The lowest BCUT2D eigenvalue weighted by molar-refractivity contribution is -0.141. The molecule has 0 spiro atoms. The van der Waals surface area contributed by atoms with Gasteiger partial charge in [0, 0.05) is 19.0 Å². The minimum absolute atomic E-state index is 0.0306. The van der Waals surface area contributed by atoms with Crippen molar-refractivity contribution in [2.75, 3.05) is 0 Å². The number of aryl methyl sites for hydroxylation is 1. The second kappa shape index (κ2) is 11.6. The quantitative estimate of drug-likeness (QED) is 0.481. The second-order valence-corrected chi connectivity index (χ2v) is 9.31. The summed E-state index contributed by atoms with van der Waals surface area (Å²) in [6, 6.07) is 27.5. The van der Waals surface area contributed by atoms with Gasteiger partial charge in [0.25, 0.3) is 0 Å². The van der Waals surface area contributed by atoms with Gasteiger partial charge in [-0.25, -0.2) is 0 Å². The fraction of sp³-hybridized carbons (Fsp3) is 0.333. The molecule has 2 amide bonds. The molecule has 1 atom stereocenters. The van der Waals surface area contributed by atoms with Crippen molar-refractivity contribution in [3.63, 3.8) is 0 Å². The molecule has 3 aromatic carbocycles. The molecule has 1 aliphatic rings. The van der Waals surface area contributed by atoms with E-state index < -0.39 is 6.04 Å². The van der Waals surface area contributed by atoms with E-state index in [1.165, 1.54) is 0 Å². The zero-order chi connectivity index (χ0) is 23.8. The molecule has 3 aromatic rings. The number of nitrogens with zero attached hydrogens (tertiary/aromatic N) is 1. The third-order valence-corrected chi connectivity index (χ3v) is 6.77. The van der Waals surface area contributed by atoms with Crippen molar-refractivity contribution in [3.05, 3.63) is 107 Å². The Labute approximate surface area is 203 Å². The average Bonchev–Trinajstić information content (AvgIpc) is 3.36. The summed E-state index contributed by atoms with van der Waals surface area (Å²) in [6.07, 6.45) is 5.09. The van der Waals surface area contributed by atoms with E-state index in [1.54, 1.807) is 4.90 Å². The maximum absolute atomic E-state index is 13.7. The molecule has 1 N–H and O–H groups in total. The van der Waals surface area contributed by atoms with Gasteiger partial charge in [-0.05, 0) is 42.0 Å². The minimum atomic E-state index is -0.571. The van der Waals surface area contributed by atoms with Crippen LogP contribution in [0.4, 0.5) is 0 Å². The molecule has 0 saturated heterocycles. The summed E-state index contributed by atoms with van der Waals surface area (Å²) < 4.78 is 0. The van der Waals surface area contributed by atoms with E-state index in [1.807, 2.05) is 78.9 Å². The van der Waals surface area contributed by atoms with Crippen LogP contribution in [0.1, 0.15) is 47.9 Å². The Morgan fingerprint density at radius 1 is 0.853 bits per heavy atom. The third kappa shape index (κ3) is 6.34. The molecule has 0 bridgehead atoms. The van der Waals surface area contributed by atoms with E-state index in [0.29, 0.717) is 13.0 Å². The highest BCUT2D eigenvalue weighted by atomic mass is 16.2. The topological polar surface area (TPSA) is 49.4 Å². The van der Waals surface area contributed by atoms with Gasteiger partial charge in [0.1, 0.15) is 6.04 Å². The third-order valence-electron chi connectivity index (χ3n) is 6.77. The molecule has 34 heavy (non-hydrogen) atoms. The molecule has 0 radical (unpaired) electrons. The lowest BCUT2D eigenvalue weighted by Crippen LogP contribution is -2.52. The Morgan fingerprint density at radius 2 is 1.44 bits per heavy atom.